The molecule has 1 fully saturated rings. The van der Waals surface area contributed by atoms with Crippen LogP contribution in [0.15, 0.2) is 5.38 Å². The molecule has 19 heavy (non-hydrogen) atoms. The third kappa shape index (κ3) is 4.86. The van der Waals surface area contributed by atoms with Crippen LogP contribution in [0.4, 0.5) is 4.79 Å². The number of carbonyl (C=O) groups excluding carboxylic acids is 1. The van der Waals surface area contributed by atoms with E-state index in [1.165, 1.54) is 29.6 Å². The number of carboxylic acid groups (broad SMARTS) is 1. The second kappa shape index (κ2) is 6.51. The fourth-order valence-electron chi connectivity index (χ4n) is 1.67. The lowest BCUT2D eigenvalue weighted by Crippen LogP contribution is -2.37. The van der Waals surface area contributed by atoms with Crippen molar-refractivity contribution in [2.45, 2.75) is 25.7 Å². The molecule has 1 aliphatic rings. The highest BCUT2D eigenvalue weighted by molar-refractivity contribution is 7.09. The zero-order valence-corrected chi connectivity index (χ0v) is 11.3. The highest BCUT2D eigenvalue weighted by atomic mass is 32.1. The maximum Gasteiger partial charge on any atom is 0.355 e. The Bertz CT molecular complexity index is 457. The molecule has 1 aromatic heterocycles. The number of carboxylic acids is 1. The van der Waals surface area contributed by atoms with Crippen molar-refractivity contribution >= 4 is 23.3 Å². The predicted molar refractivity (Wildman–Crippen MR) is 71.5 cm³/mol. The highest BCUT2D eigenvalue weighted by Crippen LogP contribution is 2.31. The van der Waals surface area contributed by atoms with Crippen molar-refractivity contribution in [3.8, 4) is 0 Å². The summed E-state index contributed by atoms with van der Waals surface area (Å²) < 4.78 is 0. The summed E-state index contributed by atoms with van der Waals surface area (Å²) in [5.74, 6) is -0.210. The van der Waals surface area contributed by atoms with Crippen LogP contribution < -0.4 is 10.6 Å². The molecule has 0 radical (unpaired) electrons. The van der Waals surface area contributed by atoms with E-state index >= 15 is 0 Å². The van der Waals surface area contributed by atoms with E-state index in [-0.39, 0.29) is 11.7 Å². The third-order valence-electron chi connectivity index (χ3n) is 2.93. The number of amides is 2. The molecule has 1 aromatic rings. The standard InChI is InChI=1S/C12H17N3O3S/c16-11(17)9-7-19-10(15-9)4-6-14-12(18)13-5-3-8-1-2-8/h7-8H,1-6H2,(H,16,17)(H2,13,14,18). The lowest BCUT2D eigenvalue weighted by Gasteiger charge is -2.06. The fraction of sp³-hybridized carbons (Fsp3) is 0.583. The summed E-state index contributed by atoms with van der Waals surface area (Å²) in [6.07, 6.45) is 4.19. The van der Waals surface area contributed by atoms with Crippen LogP contribution in [0.1, 0.15) is 34.8 Å². The van der Waals surface area contributed by atoms with Crippen LogP contribution in [-0.2, 0) is 6.42 Å². The van der Waals surface area contributed by atoms with Gasteiger partial charge in [0.05, 0.1) is 5.01 Å². The maximum atomic E-state index is 11.4. The first-order valence-corrected chi connectivity index (χ1v) is 7.22. The zero-order valence-electron chi connectivity index (χ0n) is 10.5. The van der Waals surface area contributed by atoms with E-state index in [9.17, 15) is 9.59 Å². The molecular weight excluding hydrogens is 266 g/mol. The molecule has 7 heteroatoms. The largest absolute Gasteiger partial charge is 0.476 e. The number of hydrogen-bond donors (Lipinski definition) is 3. The molecular formula is C12H17N3O3S. The van der Waals surface area contributed by atoms with Gasteiger partial charge in [-0.15, -0.1) is 11.3 Å². The molecule has 1 aliphatic carbocycles. The number of nitrogens with zero attached hydrogens (tertiary/aromatic N) is 1. The number of carbonyl (C=O) groups is 2. The Kier molecular flexibility index (Phi) is 4.73. The number of hydrogen-bond acceptors (Lipinski definition) is 4. The van der Waals surface area contributed by atoms with Crippen LogP contribution in [-0.4, -0.2) is 35.2 Å². The van der Waals surface area contributed by atoms with Crippen LogP contribution in [0, 0.1) is 5.92 Å². The van der Waals surface area contributed by atoms with Gasteiger partial charge in [0.1, 0.15) is 0 Å². The van der Waals surface area contributed by atoms with Gasteiger partial charge in [0, 0.05) is 24.9 Å². The molecule has 0 unspecified atom stereocenters. The molecule has 0 atom stereocenters. The van der Waals surface area contributed by atoms with Crippen molar-refractivity contribution in [1.29, 1.82) is 0 Å². The average Bonchev–Trinajstić information content (AvgIpc) is 3.05. The van der Waals surface area contributed by atoms with Crippen molar-refractivity contribution in [1.82, 2.24) is 15.6 Å². The quantitative estimate of drug-likeness (QED) is 0.707. The van der Waals surface area contributed by atoms with Gasteiger partial charge in [-0.3, -0.25) is 0 Å². The first kappa shape index (κ1) is 13.8. The fourth-order valence-corrected chi connectivity index (χ4v) is 2.44. The van der Waals surface area contributed by atoms with Gasteiger partial charge in [0.15, 0.2) is 5.69 Å². The number of aromatic carboxylic acids is 1. The van der Waals surface area contributed by atoms with E-state index in [0.717, 1.165) is 23.9 Å². The van der Waals surface area contributed by atoms with E-state index < -0.39 is 5.97 Å². The second-order valence-corrected chi connectivity index (χ2v) is 5.54. The molecule has 0 aliphatic heterocycles. The SMILES string of the molecule is O=C(NCCc1nc(C(=O)O)cs1)NCCC1CC1. The Morgan fingerprint density at radius 1 is 1.37 bits per heavy atom. The van der Waals surface area contributed by atoms with Crippen LogP contribution in [0.2, 0.25) is 0 Å². The highest BCUT2D eigenvalue weighted by Gasteiger charge is 2.20. The number of urea groups is 1. The number of thiazole rings is 1. The van der Waals surface area contributed by atoms with Gasteiger partial charge in [0.2, 0.25) is 0 Å². The minimum atomic E-state index is -1.02. The van der Waals surface area contributed by atoms with Gasteiger partial charge in [-0.05, 0) is 12.3 Å². The smallest absolute Gasteiger partial charge is 0.355 e. The Labute approximate surface area is 115 Å². The van der Waals surface area contributed by atoms with E-state index in [2.05, 4.69) is 15.6 Å². The molecule has 104 valence electrons. The monoisotopic (exact) mass is 283 g/mol. The maximum absolute atomic E-state index is 11.4. The number of rotatable bonds is 7. The molecule has 0 saturated heterocycles. The predicted octanol–water partition coefficient (Wildman–Crippen LogP) is 1.48. The van der Waals surface area contributed by atoms with E-state index in [1.807, 2.05) is 0 Å². The molecule has 0 bridgehead atoms. The number of aromatic nitrogens is 1. The Morgan fingerprint density at radius 3 is 2.74 bits per heavy atom. The topological polar surface area (TPSA) is 91.3 Å². The Balaban J connectivity index is 1.59. The summed E-state index contributed by atoms with van der Waals surface area (Å²) >= 11 is 1.30. The normalized spacial score (nSPS) is 14.1. The summed E-state index contributed by atoms with van der Waals surface area (Å²) in [6.45, 7) is 1.18. The van der Waals surface area contributed by atoms with Crippen LogP contribution >= 0.6 is 11.3 Å². The summed E-state index contributed by atoms with van der Waals surface area (Å²) in [6, 6.07) is -0.171. The summed E-state index contributed by atoms with van der Waals surface area (Å²) in [5, 5.41) is 16.5. The Hall–Kier alpha value is -1.63. The lowest BCUT2D eigenvalue weighted by molar-refractivity contribution is 0.0691. The summed E-state index contributed by atoms with van der Waals surface area (Å²) in [4.78, 5) is 26.0. The van der Waals surface area contributed by atoms with Crippen molar-refractivity contribution in [2.24, 2.45) is 5.92 Å². The summed E-state index contributed by atoms with van der Waals surface area (Å²) in [5.41, 5.74) is 0.0638. The Morgan fingerprint density at radius 2 is 2.11 bits per heavy atom. The van der Waals surface area contributed by atoms with Crippen LogP contribution in [0.5, 0.6) is 0 Å². The van der Waals surface area contributed by atoms with Crippen molar-refractivity contribution < 1.29 is 14.7 Å². The first-order valence-electron chi connectivity index (χ1n) is 6.34. The molecule has 2 rings (SSSR count). The molecule has 1 heterocycles. The second-order valence-electron chi connectivity index (χ2n) is 4.60. The first-order chi connectivity index (χ1) is 9.15. The molecule has 3 N–H and O–H groups in total. The van der Waals surface area contributed by atoms with Gasteiger partial charge >= 0.3 is 12.0 Å². The van der Waals surface area contributed by atoms with E-state index in [1.54, 1.807) is 0 Å². The third-order valence-corrected chi connectivity index (χ3v) is 3.84. The van der Waals surface area contributed by atoms with Crippen molar-refractivity contribution in [2.75, 3.05) is 13.1 Å². The molecule has 6 nitrogen and oxygen atoms in total. The minimum Gasteiger partial charge on any atom is -0.476 e. The molecule has 2 amide bonds. The molecule has 1 saturated carbocycles. The van der Waals surface area contributed by atoms with Crippen LogP contribution in [0.25, 0.3) is 0 Å². The average molecular weight is 283 g/mol. The molecule has 0 spiro atoms. The van der Waals surface area contributed by atoms with E-state index in [4.69, 9.17) is 5.11 Å². The van der Waals surface area contributed by atoms with Gasteiger partial charge in [-0.1, -0.05) is 12.8 Å². The van der Waals surface area contributed by atoms with Crippen LogP contribution in [0.3, 0.4) is 0 Å². The van der Waals surface area contributed by atoms with Gasteiger partial charge in [0.25, 0.3) is 0 Å². The van der Waals surface area contributed by atoms with E-state index in [0.29, 0.717) is 13.0 Å². The van der Waals surface area contributed by atoms with Gasteiger partial charge in [-0.2, -0.15) is 0 Å². The summed E-state index contributed by atoms with van der Waals surface area (Å²) in [7, 11) is 0. The van der Waals surface area contributed by atoms with Gasteiger partial charge < -0.3 is 15.7 Å². The lowest BCUT2D eigenvalue weighted by atomic mass is 10.3. The van der Waals surface area contributed by atoms with Crippen molar-refractivity contribution in [3.05, 3.63) is 16.1 Å². The molecule has 0 aromatic carbocycles. The zero-order chi connectivity index (χ0) is 13.7. The van der Waals surface area contributed by atoms with Gasteiger partial charge in [-0.25, -0.2) is 14.6 Å². The number of nitrogens with one attached hydrogen (secondary N) is 2. The van der Waals surface area contributed by atoms with Crippen molar-refractivity contribution in [3.63, 3.8) is 0 Å². The minimum absolute atomic E-state index is 0.0638.